The maximum Gasteiger partial charge on any atom is 0.226 e. The largest absolute Gasteiger partial charge is 0.338 e. The average molecular weight is 279 g/mol. The second-order valence-corrected chi connectivity index (χ2v) is 6.18. The lowest BCUT2D eigenvalue weighted by atomic mass is 9.91. The Morgan fingerprint density at radius 3 is 2.82 bits per heavy atom. The average Bonchev–Trinajstić information content (AvgIpc) is 2.29. The van der Waals surface area contributed by atoms with Crippen molar-refractivity contribution in [2.24, 2.45) is 5.92 Å². The van der Waals surface area contributed by atoms with E-state index in [9.17, 15) is 4.79 Å². The molecule has 0 aromatic rings. The Balaban J connectivity index is 0.00000144. The van der Waals surface area contributed by atoms with Crippen LogP contribution in [0.3, 0.4) is 0 Å². The van der Waals surface area contributed by atoms with Gasteiger partial charge in [0.05, 0.1) is 0 Å². The van der Waals surface area contributed by atoms with Crippen LogP contribution in [0.25, 0.3) is 0 Å². The van der Waals surface area contributed by atoms with Gasteiger partial charge in [-0.15, -0.1) is 12.4 Å². The first-order valence-electron chi connectivity index (χ1n) is 6.30. The highest BCUT2D eigenvalue weighted by atomic mass is 35.5. The van der Waals surface area contributed by atoms with Crippen molar-refractivity contribution in [3.8, 4) is 0 Å². The highest BCUT2D eigenvalue weighted by Gasteiger charge is 2.31. The smallest absolute Gasteiger partial charge is 0.226 e. The van der Waals surface area contributed by atoms with Gasteiger partial charge in [-0.2, -0.15) is 11.8 Å². The minimum Gasteiger partial charge on any atom is -0.338 e. The lowest BCUT2D eigenvalue weighted by molar-refractivity contribution is -0.138. The van der Waals surface area contributed by atoms with E-state index < -0.39 is 0 Å². The monoisotopic (exact) mass is 278 g/mol. The number of carbonyl (C=O) groups excluding carboxylic acids is 1. The number of piperidine rings is 1. The Hall–Kier alpha value is 0.0700. The molecule has 17 heavy (non-hydrogen) atoms. The fourth-order valence-electron chi connectivity index (χ4n) is 2.65. The van der Waals surface area contributed by atoms with E-state index in [0.717, 1.165) is 37.4 Å². The van der Waals surface area contributed by atoms with Gasteiger partial charge in [0.1, 0.15) is 0 Å². The molecule has 5 heteroatoms. The maximum absolute atomic E-state index is 12.4. The van der Waals surface area contributed by atoms with Gasteiger partial charge in [-0.3, -0.25) is 4.79 Å². The van der Waals surface area contributed by atoms with Crippen molar-refractivity contribution in [1.29, 1.82) is 0 Å². The van der Waals surface area contributed by atoms with Crippen molar-refractivity contribution < 1.29 is 4.79 Å². The van der Waals surface area contributed by atoms with Crippen LogP contribution in [0.4, 0.5) is 0 Å². The zero-order chi connectivity index (χ0) is 11.5. The van der Waals surface area contributed by atoms with Crippen molar-refractivity contribution in [3.05, 3.63) is 0 Å². The molecule has 1 N–H and O–H groups in total. The first-order chi connectivity index (χ1) is 7.68. The summed E-state index contributed by atoms with van der Waals surface area (Å²) >= 11 is 1.97. The molecule has 2 heterocycles. The van der Waals surface area contributed by atoms with Gasteiger partial charge in [0, 0.05) is 36.1 Å². The molecule has 2 rings (SSSR count). The third kappa shape index (κ3) is 3.76. The van der Waals surface area contributed by atoms with E-state index in [1.165, 1.54) is 0 Å². The number of nitrogens with zero attached hydrogens (tertiary/aromatic N) is 1. The minimum absolute atomic E-state index is 0. The quantitative estimate of drug-likeness (QED) is 0.793. The lowest BCUT2D eigenvalue weighted by Crippen LogP contribution is -2.50. The van der Waals surface area contributed by atoms with Gasteiger partial charge in [-0.25, -0.2) is 0 Å². The van der Waals surface area contributed by atoms with E-state index >= 15 is 0 Å². The van der Waals surface area contributed by atoms with E-state index in [1.54, 1.807) is 0 Å². The normalized spacial score (nSPS) is 34.0. The molecule has 1 unspecified atom stereocenters. The molecule has 2 aliphatic heterocycles. The highest BCUT2D eigenvalue weighted by molar-refractivity contribution is 7.99. The molecule has 2 saturated heterocycles. The molecule has 2 aliphatic rings. The van der Waals surface area contributed by atoms with Gasteiger partial charge in [-0.1, -0.05) is 0 Å². The molecule has 0 aromatic carbocycles. The zero-order valence-corrected chi connectivity index (χ0v) is 12.3. The molecular formula is C12H23ClN2OS. The second kappa shape index (κ2) is 6.86. The predicted molar refractivity (Wildman–Crippen MR) is 75.9 cm³/mol. The summed E-state index contributed by atoms with van der Waals surface area (Å²) in [5, 5.41) is 3.41. The molecule has 0 spiro atoms. The molecule has 0 bridgehead atoms. The van der Waals surface area contributed by atoms with E-state index in [-0.39, 0.29) is 18.3 Å². The molecule has 3 atom stereocenters. The molecule has 0 aliphatic carbocycles. The van der Waals surface area contributed by atoms with Crippen LogP contribution in [-0.4, -0.2) is 47.5 Å². The lowest BCUT2D eigenvalue weighted by Gasteiger charge is -2.37. The molecule has 3 nitrogen and oxygen atoms in total. The summed E-state index contributed by atoms with van der Waals surface area (Å²) in [6.07, 6.45) is 2.02. The summed E-state index contributed by atoms with van der Waals surface area (Å²) in [6, 6.07) is 0.925. The van der Waals surface area contributed by atoms with Crippen LogP contribution >= 0.6 is 24.2 Å². The van der Waals surface area contributed by atoms with Crippen molar-refractivity contribution in [1.82, 2.24) is 10.2 Å². The van der Waals surface area contributed by atoms with Gasteiger partial charge in [0.2, 0.25) is 5.91 Å². The SMILES string of the molecule is CC1CSCCN1C(=O)[C@H]1CCN[C@@H](C)C1.Cl. The molecule has 100 valence electrons. The first kappa shape index (κ1) is 15.1. The minimum atomic E-state index is 0. The topological polar surface area (TPSA) is 32.3 Å². The van der Waals surface area contributed by atoms with E-state index in [2.05, 4.69) is 24.1 Å². The summed E-state index contributed by atoms with van der Waals surface area (Å²) in [4.78, 5) is 14.5. The Bertz CT molecular complexity index is 265. The van der Waals surface area contributed by atoms with Crippen molar-refractivity contribution in [3.63, 3.8) is 0 Å². The highest BCUT2D eigenvalue weighted by Crippen LogP contribution is 2.23. The summed E-state index contributed by atoms with van der Waals surface area (Å²) in [7, 11) is 0. The number of amides is 1. The summed E-state index contributed by atoms with van der Waals surface area (Å²) in [5.74, 6) is 2.88. The molecule has 2 fully saturated rings. The van der Waals surface area contributed by atoms with Gasteiger partial charge < -0.3 is 10.2 Å². The number of rotatable bonds is 1. The van der Waals surface area contributed by atoms with Crippen LogP contribution in [0.5, 0.6) is 0 Å². The van der Waals surface area contributed by atoms with Crippen molar-refractivity contribution in [2.45, 2.75) is 38.8 Å². The predicted octanol–water partition coefficient (Wildman–Crippen LogP) is 1.76. The van der Waals surface area contributed by atoms with Crippen LogP contribution in [0.15, 0.2) is 0 Å². The number of nitrogens with one attached hydrogen (secondary N) is 1. The third-order valence-corrected chi connectivity index (χ3v) is 4.81. The molecule has 0 radical (unpaired) electrons. The van der Waals surface area contributed by atoms with Gasteiger partial charge in [0.25, 0.3) is 0 Å². The van der Waals surface area contributed by atoms with Crippen LogP contribution in [0, 0.1) is 5.92 Å². The fourth-order valence-corrected chi connectivity index (χ4v) is 3.66. The van der Waals surface area contributed by atoms with Gasteiger partial charge in [0.15, 0.2) is 0 Å². The number of hydrogen-bond acceptors (Lipinski definition) is 3. The number of thioether (sulfide) groups is 1. The Kier molecular flexibility index (Phi) is 6.10. The van der Waals surface area contributed by atoms with Gasteiger partial charge in [-0.05, 0) is 33.2 Å². The van der Waals surface area contributed by atoms with Crippen molar-refractivity contribution >= 4 is 30.1 Å². The molecular weight excluding hydrogens is 256 g/mol. The van der Waals surface area contributed by atoms with Crippen LogP contribution in [-0.2, 0) is 4.79 Å². The van der Waals surface area contributed by atoms with E-state index in [1.807, 2.05) is 11.8 Å². The second-order valence-electron chi connectivity index (χ2n) is 5.03. The fraction of sp³-hybridized carbons (Fsp3) is 0.917. The zero-order valence-electron chi connectivity index (χ0n) is 10.6. The third-order valence-electron chi connectivity index (χ3n) is 3.62. The van der Waals surface area contributed by atoms with E-state index in [4.69, 9.17) is 0 Å². The van der Waals surface area contributed by atoms with E-state index in [0.29, 0.717) is 18.0 Å². The molecule has 0 aromatic heterocycles. The van der Waals surface area contributed by atoms with Crippen LogP contribution < -0.4 is 5.32 Å². The van der Waals surface area contributed by atoms with Crippen molar-refractivity contribution in [2.75, 3.05) is 24.6 Å². The summed E-state index contributed by atoms with van der Waals surface area (Å²) < 4.78 is 0. The standard InChI is InChI=1S/C12H22N2OS.ClH/c1-9-7-11(3-4-13-9)12(15)14-5-6-16-8-10(14)2;/h9-11,13H,3-8H2,1-2H3;1H/t9-,10?,11-;/m0./s1. The summed E-state index contributed by atoms with van der Waals surface area (Å²) in [6.45, 7) is 6.29. The molecule has 0 saturated carbocycles. The number of hydrogen-bond donors (Lipinski definition) is 1. The summed E-state index contributed by atoms with van der Waals surface area (Å²) in [5.41, 5.74) is 0. The first-order valence-corrected chi connectivity index (χ1v) is 7.45. The number of halogens is 1. The van der Waals surface area contributed by atoms with Gasteiger partial charge >= 0.3 is 0 Å². The maximum atomic E-state index is 12.4. The van der Waals surface area contributed by atoms with Crippen LogP contribution in [0.2, 0.25) is 0 Å². The Labute approximate surface area is 114 Å². The Morgan fingerprint density at radius 1 is 1.41 bits per heavy atom. The number of carbonyl (C=O) groups is 1. The molecule has 1 amide bonds. The van der Waals surface area contributed by atoms with Crippen LogP contribution in [0.1, 0.15) is 26.7 Å². The Morgan fingerprint density at radius 2 is 2.18 bits per heavy atom.